The summed E-state index contributed by atoms with van der Waals surface area (Å²) in [6.07, 6.45) is 3.13. The van der Waals surface area contributed by atoms with E-state index in [0.717, 1.165) is 25.3 Å². The van der Waals surface area contributed by atoms with E-state index in [2.05, 4.69) is 10.0 Å². The van der Waals surface area contributed by atoms with Gasteiger partial charge >= 0.3 is 0 Å². The Morgan fingerprint density at radius 3 is 2.65 bits per heavy atom. The number of hydrogen-bond acceptors (Lipinski definition) is 5. The molecule has 20 heavy (non-hydrogen) atoms. The maximum atomic E-state index is 12.1. The largest absolute Gasteiger partial charge is 0.383 e. The van der Waals surface area contributed by atoms with Gasteiger partial charge in [0, 0.05) is 19.7 Å². The first kappa shape index (κ1) is 14.7. The van der Waals surface area contributed by atoms with Crippen molar-refractivity contribution < 1.29 is 13.3 Å². The lowest BCUT2D eigenvalue weighted by Gasteiger charge is -2.08. The van der Waals surface area contributed by atoms with Gasteiger partial charge in [0.1, 0.15) is 5.69 Å². The Morgan fingerprint density at radius 2 is 2.10 bits per heavy atom. The fourth-order valence-electron chi connectivity index (χ4n) is 1.93. The summed E-state index contributed by atoms with van der Waals surface area (Å²) in [4.78, 5) is 10.2. The van der Waals surface area contributed by atoms with Crippen molar-refractivity contribution in [2.45, 2.75) is 24.2 Å². The van der Waals surface area contributed by atoms with E-state index in [4.69, 9.17) is 0 Å². The molecule has 1 saturated carbocycles. The summed E-state index contributed by atoms with van der Waals surface area (Å²) in [5, 5.41) is 13.6. The summed E-state index contributed by atoms with van der Waals surface area (Å²) in [5.74, 6) is 0.624. The second-order valence-electron chi connectivity index (χ2n) is 4.82. The van der Waals surface area contributed by atoms with E-state index in [-0.39, 0.29) is 16.3 Å². The molecule has 8 heteroatoms. The van der Waals surface area contributed by atoms with Crippen LogP contribution in [0.5, 0.6) is 0 Å². The highest BCUT2D eigenvalue weighted by molar-refractivity contribution is 7.89. The molecule has 1 aliphatic carbocycles. The van der Waals surface area contributed by atoms with Gasteiger partial charge in [0.25, 0.3) is 5.69 Å². The van der Waals surface area contributed by atoms with Gasteiger partial charge in [-0.15, -0.1) is 0 Å². The summed E-state index contributed by atoms with van der Waals surface area (Å²) < 4.78 is 26.6. The number of sulfonamides is 1. The lowest BCUT2D eigenvalue weighted by Crippen LogP contribution is -2.25. The first-order valence-corrected chi connectivity index (χ1v) is 7.88. The molecule has 1 fully saturated rings. The highest BCUT2D eigenvalue weighted by Gasteiger charge is 2.23. The second kappa shape index (κ2) is 5.76. The molecule has 0 aromatic heterocycles. The number of benzene rings is 1. The van der Waals surface area contributed by atoms with E-state index in [1.165, 1.54) is 12.1 Å². The Labute approximate surface area is 117 Å². The van der Waals surface area contributed by atoms with Crippen molar-refractivity contribution in [3.05, 3.63) is 28.3 Å². The molecule has 0 saturated heterocycles. The van der Waals surface area contributed by atoms with E-state index < -0.39 is 14.9 Å². The predicted octanol–water partition coefficient (Wildman–Crippen LogP) is 1.71. The van der Waals surface area contributed by atoms with Crippen molar-refractivity contribution in [3.63, 3.8) is 0 Å². The molecule has 0 unspecified atom stereocenters. The minimum atomic E-state index is -3.69. The van der Waals surface area contributed by atoms with Crippen LogP contribution in [0.25, 0.3) is 0 Å². The third-order valence-corrected chi connectivity index (χ3v) is 4.75. The van der Waals surface area contributed by atoms with Gasteiger partial charge in [0.15, 0.2) is 0 Å². The first-order chi connectivity index (χ1) is 9.44. The van der Waals surface area contributed by atoms with Crippen molar-refractivity contribution in [3.8, 4) is 0 Å². The Balaban J connectivity index is 2.17. The highest BCUT2D eigenvalue weighted by atomic mass is 32.2. The molecule has 0 heterocycles. The molecule has 110 valence electrons. The molecule has 0 aliphatic heterocycles. The zero-order chi connectivity index (χ0) is 14.8. The normalized spacial score (nSPS) is 15.1. The molecule has 2 N–H and O–H groups in total. The first-order valence-electron chi connectivity index (χ1n) is 6.40. The smallest absolute Gasteiger partial charge is 0.293 e. The van der Waals surface area contributed by atoms with Gasteiger partial charge < -0.3 is 5.32 Å². The van der Waals surface area contributed by atoms with Crippen LogP contribution in [0.1, 0.15) is 19.3 Å². The fourth-order valence-corrected chi connectivity index (χ4v) is 3.00. The van der Waals surface area contributed by atoms with E-state index >= 15 is 0 Å². The average molecular weight is 299 g/mol. The summed E-state index contributed by atoms with van der Waals surface area (Å²) in [6.45, 7) is 0.370. The van der Waals surface area contributed by atoms with Crippen LogP contribution in [-0.2, 0) is 10.0 Å². The summed E-state index contributed by atoms with van der Waals surface area (Å²) in [6, 6.07) is 3.83. The van der Waals surface area contributed by atoms with Gasteiger partial charge in [-0.2, -0.15) is 0 Å². The van der Waals surface area contributed by atoms with E-state index in [1.54, 1.807) is 7.05 Å². The quantitative estimate of drug-likeness (QED) is 0.589. The number of nitrogens with zero attached hydrogens (tertiary/aromatic N) is 1. The number of hydrogen-bond donors (Lipinski definition) is 2. The molecule has 7 nitrogen and oxygen atoms in total. The summed E-state index contributed by atoms with van der Waals surface area (Å²) in [7, 11) is -2.15. The van der Waals surface area contributed by atoms with Crippen LogP contribution >= 0.6 is 0 Å². The maximum Gasteiger partial charge on any atom is 0.293 e. The molecule has 0 spiro atoms. The summed E-state index contributed by atoms with van der Waals surface area (Å²) >= 11 is 0. The number of anilines is 1. The van der Waals surface area contributed by atoms with Gasteiger partial charge in [-0.1, -0.05) is 12.8 Å². The van der Waals surface area contributed by atoms with Crippen LogP contribution in [0.4, 0.5) is 11.4 Å². The molecule has 1 aromatic rings. The number of rotatable bonds is 7. The van der Waals surface area contributed by atoms with Crippen LogP contribution < -0.4 is 10.0 Å². The SMILES string of the molecule is CNc1ccc(S(=O)(=O)NCCC2CC2)cc1[N+](=O)[O-]. The topological polar surface area (TPSA) is 101 Å². The number of nitro groups is 1. The van der Waals surface area contributed by atoms with Gasteiger partial charge in [-0.3, -0.25) is 10.1 Å². The van der Waals surface area contributed by atoms with Gasteiger partial charge in [-0.25, -0.2) is 13.1 Å². The van der Waals surface area contributed by atoms with Crippen LogP contribution in [0.3, 0.4) is 0 Å². The molecule has 0 radical (unpaired) electrons. The molecule has 1 aromatic carbocycles. The van der Waals surface area contributed by atoms with Crippen molar-refractivity contribution in [1.82, 2.24) is 4.72 Å². The Bertz CT molecular complexity index is 611. The zero-order valence-corrected chi connectivity index (χ0v) is 11.9. The van der Waals surface area contributed by atoms with Crippen molar-refractivity contribution in [2.24, 2.45) is 5.92 Å². The minimum absolute atomic E-state index is 0.0843. The molecule has 1 aliphatic rings. The van der Waals surface area contributed by atoms with E-state index in [0.29, 0.717) is 12.5 Å². The van der Waals surface area contributed by atoms with Gasteiger partial charge in [0.05, 0.1) is 9.82 Å². The minimum Gasteiger partial charge on any atom is -0.383 e. The van der Waals surface area contributed by atoms with E-state index in [1.807, 2.05) is 0 Å². The number of nitrogens with one attached hydrogen (secondary N) is 2. The van der Waals surface area contributed by atoms with Crippen LogP contribution in [0, 0.1) is 16.0 Å². The lowest BCUT2D eigenvalue weighted by atomic mass is 10.3. The number of nitro benzene ring substituents is 1. The lowest BCUT2D eigenvalue weighted by molar-refractivity contribution is -0.384. The van der Waals surface area contributed by atoms with Crippen molar-refractivity contribution in [1.29, 1.82) is 0 Å². The second-order valence-corrected chi connectivity index (χ2v) is 6.58. The average Bonchev–Trinajstić information content (AvgIpc) is 3.21. The van der Waals surface area contributed by atoms with Crippen molar-refractivity contribution >= 4 is 21.4 Å². The molecule has 0 atom stereocenters. The molecule has 2 rings (SSSR count). The van der Waals surface area contributed by atoms with Crippen LogP contribution in [0.15, 0.2) is 23.1 Å². The standard InChI is InChI=1S/C12H17N3O4S/c1-13-11-5-4-10(8-12(11)15(16)17)20(18,19)14-7-6-9-2-3-9/h4-5,8-9,13-14H,2-3,6-7H2,1H3. The maximum absolute atomic E-state index is 12.1. The fraction of sp³-hybridized carbons (Fsp3) is 0.500. The Morgan fingerprint density at radius 1 is 1.40 bits per heavy atom. The monoisotopic (exact) mass is 299 g/mol. The van der Waals surface area contributed by atoms with Crippen LogP contribution in [-0.4, -0.2) is 26.9 Å². The zero-order valence-electron chi connectivity index (χ0n) is 11.1. The third-order valence-electron chi connectivity index (χ3n) is 3.29. The Kier molecular flexibility index (Phi) is 4.24. The molecule has 0 bridgehead atoms. The van der Waals surface area contributed by atoms with Crippen molar-refractivity contribution in [2.75, 3.05) is 18.9 Å². The van der Waals surface area contributed by atoms with Crippen LogP contribution in [0.2, 0.25) is 0 Å². The molecular formula is C12H17N3O4S. The third kappa shape index (κ3) is 3.45. The molecule has 0 amide bonds. The highest BCUT2D eigenvalue weighted by Crippen LogP contribution is 2.32. The van der Waals surface area contributed by atoms with Gasteiger partial charge in [0.2, 0.25) is 10.0 Å². The predicted molar refractivity (Wildman–Crippen MR) is 75.2 cm³/mol. The Hall–Kier alpha value is -1.67. The molecular weight excluding hydrogens is 282 g/mol. The van der Waals surface area contributed by atoms with Gasteiger partial charge in [-0.05, 0) is 24.5 Å². The van der Waals surface area contributed by atoms with E-state index in [9.17, 15) is 18.5 Å². The summed E-state index contributed by atoms with van der Waals surface area (Å²) in [5.41, 5.74) is 0.0319.